The lowest BCUT2D eigenvalue weighted by molar-refractivity contribution is -0.120. The fourth-order valence-electron chi connectivity index (χ4n) is 4.51. The third-order valence-corrected chi connectivity index (χ3v) is 7.46. The minimum Gasteiger partial charge on any atom is -0.494 e. The quantitative estimate of drug-likeness (QED) is 0.124. The molecule has 200 valence electrons. The summed E-state index contributed by atoms with van der Waals surface area (Å²) in [6.07, 6.45) is 1.84. The van der Waals surface area contributed by atoms with Crippen molar-refractivity contribution in [3.05, 3.63) is 130 Å². The average molecular weight is 616 g/mol. The number of hydrogen-bond acceptors (Lipinski definition) is 4. The summed E-state index contributed by atoms with van der Waals surface area (Å²) in [7, 11) is 0. The number of carbonyl (C=O) groups is 2. The van der Waals surface area contributed by atoms with Crippen LogP contribution in [0.15, 0.2) is 107 Å². The number of halogens is 2. The van der Waals surface area contributed by atoms with E-state index in [2.05, 4.69) is 15.9 Å². The van der Waals surface area contributed by atoms with Gasteiger partial charge in [-0.25, -0.2) is 4.39 Å². The summed E-state index contributed by atoms with van der Waals surface area (Å²) < 4.78 is 21.0. The SMILES string of the molecule is CCOc1cc(C=C2C(=O)N(c3ccccc3)C(=S)N(c3ccccc3)C2=O)cc(Br)c1Cc1ccccc1F. The number of thiocarbonyl (C=S) groups is 1. The van der Waals surface area contributed by atoms with Crippen molar-refractivity contribution >= 4 is 62.5 Å². The maximum atomic E-state index is 14.4. The molecule has 0 atom stereocenters. The van der Waals surface area contributed by atoms with Crippen molar-refractivity contribution in [1.82, 2.24) is 0 Å². The van der Waals surface area contributed by atoms with Gasteiger partial charge in [0, 0.05) is 16.5 Å². The van der Waals surface area contributed by atoms with Crippen LogP contribution in [-0.4, -0.2) is 23.5 Å². The van der Waals surface area contributed by atoms with Gasteiger partial charge in [0.25, 0.3) is 11.8 Å². The van der Waals surface area contributed by atoms with Gasteiger partial charge in [0.05, 0.1) is 18.0 Å². The zero-order chi connectivity index (χ0) is 28.2. The Morgan fingerprint density at radius 1 is 0.850 bits per heavy atom. The fraction of sp³-hybridized carbons (Fsp3) is 0.0938. The molecule has 1 fully saturated rings. The molecule has 1 heterocycles. The number of benzene rings is 4. The summed E-state index contributed by atoms with van der Waals surface area (Å²) in [6.45, 7) is 2.24. The Kier molecular flexibility index (Phi) is 8.19. The van der Waals surface area contributed by atoms with Crippen LogP contribution in [0.5, 0.6) is 5.75 Å². The van der Waals surface area contributed by atoms with Gasteiger partial charge in [-0.15, -0.1) is 0 Å². The lowest BCUT2D eigenvalue weighted by Gasteiger charge is -2.36. The molecular formula is C32H24BrFN2O3S. The lowest BCUT2D eigenvalue weighted by atomic mass is 10.00. The van der Waals surface area contributed by atoms with Gasteiger partial charge in [-0.3, -0.25) is 19.4 Å². The van der Waals surface area contributed by atoms with E-state index in [4.69, 9.17) is 17.0 Å². The molecule has 0 N–H and O–H groups in total. The van der Waals surface area contributed by atoms with Gasteiger partial charge >= 0.3 is 0 Å². The number of ether oxygens (including phenoxy) is 1. The van der Waals surface area contributed by atoms with Gasteiger partial charge in [0.15, 0.2) is 5.11 Å². The Labute approximate surface area is 245 Å². The maximum Gasteiger partial charge on any atom is 0.270 e. The molecule has 2 amide bonds. The van der Waals surface area contributed by atoms with Crippen molar-refractivity contribution in [1.29, 1.82) is 0 Å². The number of amides is 2. The van der Waals surface area contributed by atoms with E-state index in [0.717, 1.165) is 5.56 Å². The number of rotatable bonds is 7. The van der Waals surface area contributed by atoms with Crippen LogP contribution in [0.25, 0.3) is 6.08 Å². The van der Waals surface area contributed by atoms with E-state index in [9.17, 15) is 14.0 Å². The van der Waals surface area contributed by atoms with Crippen LogP contribution in [0, 0.1) is 5.82 Å². The second-order valence-electron chi connectivity index (χ2n) is 8.97. The average Bonchev–Trinajstić information content (AvgIpc) is 2.95. The molecule has 8 heteroatoms. The largest absolute Gasteiger partial charge is 0.494 e. The third-order valence-electron chi connectivity index (χ3n) is 6.39. The van der Waals surface area contributed by atoms with E-state index >= 15 is 0 Å². The second kappa shape index (κ2) is 11.9. The Morgan fingerprint density at radius 3 is 1.95 bits per heavy atom. The minimum atomic E-state index is -0.530. The number of anilines is 2. The van der Waals surface area contributed by atoms with Crippen molar-refractivity contribution in [3.63, 3.8) is 0 Å². The first kappa shape index (κ1) is 27.4. The highest BCUT2D eigenvalue weighted by molar-refractivity contribution is 9.10. The summed E-state index contributed by atoms with van der Waals surface area (Å²) >= 11 is 9.28. The van der Waals surface area contributed by atoms with E-state index < -0.39 is 11.8 Å². The zero-order valence-corrected chi connectivity index (χ0v) is 23.9. The van der Waals surface area contributed by atoms with E-state index in [1.165, 1.54) is 15.9 Å². The Morgan fingerprint density at radius 2 is 1.40 bits per heavy atom. The first-order valence-corrected chi connectivity index (χ1v) is 13.8. The molecule has 0 unspecified atom stereocenters. The third kappa shape index (κ3) is 5.46. The molecule has 0 radical (unpaired) electrons. The molecule has 1 aliphatic rings. The van der Waals surface area contributed by atoms with Crippen molar-refractivity contribution in [2.24, 2.45) is 0 Å². The summed E-state index contributed by atoms with van der Waals surface area (Å²) in [6, 6.07) is 28.1. The van der Waals surface area contributed by atoms with Gasteiger partial charge in [-0.1, -0.05) is 70.5 Å². The Balaban J connectivity index is 1.61. The van der Waals surface area contributed by atoms with E-state index in [1.807, 2.05) is 19.1 Å². The molecular weight excluding hydrogens is 591 g/mol. The van der Waals surface area contributed by atoms with E-state index in [-0.39, 0.29) is 16.5 Å². The van der Waals surface area contributed by atoms with Crippen molar-refractivity contribution in [3.8, 4) is 5.75 Å². The highest BCUT2D eigenvalue weighted by Gasteiger charge is 2.41. The predicted octanol–water partition coefficient (Wildman–Crippen LogP) is 7.33. The fourth-order valence-corrected chi connectivity index (χ4v) is 5.49. The highest BCUT2D eigenvalue weighted by atomic mass is 79.9. The molecule has 1 saturated heterocycles. The molecule has 0 saturated carbocycles. The van der Waals surface area contributed by atoms with E-state index in [1.54, 1.807) is 84.9 Å². The normalized spacial score (nSPS) is 13.6. The molecule has 0 bridgehead atoms. The standard InChI is InChI=1S/C32H24BrFN2O3S/c1-2-39-29-19-21(18-27(33)25(29)20-22-11-9-10-16-28(22)34)17-26-30(37)35(23-12-5-3-6-13-23)32(40)36(31(26)38)24-14-7-4-8-15-24/h3-19H,2,20H2,1H3. The lowest BCUT2D eigenvalue weighted by Crippen LogP contribution is -2.56. The number of hydrogen-bond donors (Lipinski definition) is 0. The van der Waals surface area contributed by atoms with Crippen molar-refractivity contribution in [2.45, 2.75) is 13.3 Å². The zero-order valence-electron chi connectivity index (χ0n) is 21.5. The summed E-state index contributed by atoms with van der Waals surface area (Å²) in [5.74, 6) is -0.840. The molecule has 0 aromatic heterocycles. The molecule has 5 rings (SSSR count). The smallest absolute Gasteiger partial charge is 0.270 e. The summed E-state index contributed by atoms with van der Waals surface area (Å²) in [5.41, 5.74) is 2.89. The van der Waals surface area contributed by atoms with Crippen molar-refractivity contribution in [2.75, 3.05) is 16.4 Å². The monoisotopic (exact) mass is 614 g/mol. The number of nitrogens with zero attached hydrogens (tertiary/aromatic N) is 2. The number of carbonyl (C=O) groups excluding carboxylic acids is 2. The van der Waals surface area contributed by atoms with E-state index in [0.29, 0.717) is 45.8 Å². The Hall–Kier alpha value is -4.14. The van der Waals surface area contributed by atoms with Crippen LogP contribution in [0.3, 0.4) is 0 Å². The van der Waals surface area contributed by atoms with Crippen LogP contribution in [0.4, 0.5) is 15.8 Å². The molecule has 4 aromatic carbocycles. The maximum absolute atomic E-state index is 14.4. The molecule has 0 spiro atoms. The van der Waals surface area contributed by atoms with Crippen LogP contribution >= 0.6 is 28.1 Å². The van der Waals surface area contributed by atoms with Crippen LogP contribution in [-0.2, 0) is 16.0 Å². The van der Waals surface area contributed by atoms with Crippen LogP contribution in [0.2, 0.25) is 0 Å². The predicted molar refractivity (Wildman–Crippen MR) is 163 cm³/mol. The topological polar surface area (TPSA) is 49.9 Å². The minimum absolute atomic E-state index is 0.0579. The van der Waals surface area contributed by atoms with Crippen molar-refractivity contribution < 1.29 is 18.7 Å². The molecule has 1 aliphatic heterocycles. The van der Waals surface area contributed by atoms with Gasteiger partial charge in [-0.05, 0) is 78.8 Å². The molecule has 0 aliphatic carbocycles. The summed E-state index contributed by atoms with van der Waals surface area (Å²) in [5, 5.41) is 0.0703. The highest BCUT2D eigenvalue weighted by Crippen LogP contribution is 2.34. The second-order valence-corrected chi connectivity index (χ2v) is 10.2. The first-order chi connectivity index (χ1) is 19.4. The van der Waals surface area contributed by atoms with Crippen LogP contribution in [0.1, 0.15) is 23.6 Å². The Bertz CT molecular complexity index is 1560. The van der Waals surface area contributed by atoms with Gasteiger partial charge in [-0.2, -0.15) is 0 Å². The molecule has 40 heavy (non-hydrogen) atoms. The molecule has 4 aromatic rings. The first-order valence-electron chi connectivity index (χ1n) is 12.6. The van der Waals surface area contributed by atoms with Gasteiger partial charge < -0.3 is 4.74 Å². The summed E-state index contributed by atoms with van der Waals surface area (Å²) in [4.78, 5) is 30.3. The van der Waals surface area contributed by atoms with Gasteiger partial charge in [0.1, 0.15) is 17.1 Å². The van der Waals surface area contributed by atoms with Crippen LogP contribution < -0.4 is 14.5 Å². The number of para-hydroxylation sites is 2. The molecule has 5 nitrogen and oxygen atoms in total. The van der Waals surface area contributed by atoms with Gasteiger partial charge in [0.2, 0.25) is 0 Å².